The zero-order valence-electron chi connectivity index (χ0n) is 5.40. The van der Waals surface area contributed by atoms with Gasteiger partial charge in [-0.3, -0.25) is 4.79 Å². The van der Waals surface area contributed by atoms with Gasteiger partial charge in [-0.15, -0.1) is 0 Å². The maximum absolute atomic E-state index is 12.0. The number of allylic oxidation sites excluding steroid dienone is 3. The minimum absolute atomic E-state index is 0.622. The molecule has 0 amide bonds. The number of hydrogen-bond donors (Lipinski definition) is 1. The van der Waals surface area contributed by atoms with Crippen LogP contribution in [0, 0.1) is 0 Å². The highest BCUT2D eigenvalue weighted by Gasteiger charge is 1.85. The molecule has 0 aliphatic heterocycles. The molecule has 0 aromatic heterocycles. The van der Waals surface area contributed by atoms with Gasteiger partial charge in [-0.1, -0.05) is 6.08 Å². The lowest BCUT2D eigenvalue weighted by molar-refractivity contribution is -0.124. The first-order chi connectivity index (χ1) is 4.66. The first-order valence-corrected chi connectivity index (χ1v) is 2.58. The van der Waals surface area contributed by atoms with Crippen LogP contribution in [0.2, 0.25) is 0 Å². The second-order valence-electron chi connectivity index (χ2n) is 1.43. The van der Waals surface area contributed by atoms with Gasteiger partial charge < -0.3 is 5.32 Å². The van der Waals surface area contributed by atoms with E-state index in [0.29, 0.717) is 6.08 Å². The van der Waals surface area contributed by atoms with Crippen molar-refractivity contribution in [2.45, 2.75) is 0 Å². The van der Waals surface area contributed by atoms with Crippen molar-refractivity contribution in [1.82, 2.24) is 5.32 Å². The molecule has 1 N–H and O–H groups in total. The van der Waals surface area contributed by atoms with Crippen molar-refractivity contribution in [3.8, 4) is 0 Å². The van der Waals surface area contributed by atoms with Crippen molar-refractivity contribution in [3.63, 3.8) is 0 Å². The highest BCUT2D eigenvalue weighted by Crippen LogP contribution is 1.89. The molecule has 0 atom stereocenters. The van der Waals surface area contributed by atoms with E-state index in [1.807, 2.05) is 0 Å². The smallest absolute Gasteiger partial charge is 0.324 e. The molecule has 0 aromatic carbocycles. The standard InChI is InChI=1S/C6H7F2NO/c1-9-5(7)3-2-4-6(8)10/h2-4,9H,1H3/b4-2-,5-3-. The van der Waals surface area contributed by atoms with E-state index in [2.05, 4.69) is 5.32 Å². The Morgan fingerprint density at radius 3 is 2.50 bits per heavy atom. The van der Waals surface area contributed by atoms with Gasteiger partial charge in [-0.05, 0) is 6.08 Å². The zero-order chi connectivity index (χ0) is 7.98. The summed E-state index contributed by atoms with van der Waals surface area (Å²) in [7, 11) is 1.37. The Balaban J connectivity index is 3.82. The molecule has 0 bridgehead atoms. The van der Waals surface area contributed by atoms with E-state index in [4.69, 9.17) is 0 Å². The normalized spacial score (nSPS) is 12.1. The molecule has 0 aliphatic carbocycles. The molecule has 0 fully saturated rings. The van der Waals surface area contributed by atoms with Crippen LogP contribution < -0.4 is 5.32 Å². The maximum atomic E-state index is 12.0. The number of halogens is 2. The van der Waals surface area contributed by atoms with E-state index >= 15 is 0 Å². The summed E-state index contributed by atoms with van der Waals surface area (Å²) >= 11 is 0. The van der Waals surface area contributed by atoms with E-state index in [0.717, 1.165) is 12.2 Å². The van der Waals surface area contributed by atoms with Crippen LogP contribution in [-0.2, 0) is 4.79 Å². The molecule has 0 aromatic rings. The monoisotopic (exact) mass is 147 g/mol. The van der Waals surface area contributed by atoms with Gasteiger partial charge in [0.25, 0.3) is 0 Å². The average molecular weight is 147 g/mol. The highest BCUT2D eigenvalue weighted by atomic mass is 19.1. The van der Waals surface area contributed by atoms with Crippen LogP contribution in [0.25, 0.3) is 0 Å². The summed E-state index contributed by atoms with van der Waals surface area (Å²) in [5, 5.41) is 2.15. The first kappa shape index (κ1) is 8.81. The Labute approximate surface area is 57.2 Å². The SMILES string of the molecule is CN/C(F)=C\C=C/C(=O)F. The van der Waals surface area contributed by atoms with E-state index in [1.54, 1.807) is 0 Å². The van der Waals surface area contributed by atoms with Crippen molar-refractivity contribution in [2.75, 3.05) is 7.05 Å². The summed E-state index contributed by atoms with van der Waals surface area (Å²) < 4.78 is 23.4. The summed E-state index contributed by atoms with van der Waals surface area (Å²) in [5.41, 5.74) is 0. The van der Waals surface area contributed by atoms with Crippen molar-refractivity contribution < 1.29 is 13.6 Å². The number of carbonyl (C=O) groups excluding carboxylic acids is 1. The molecule has 0 saturated heterocycles. The Kier molecular flexibility index (Phi) is 4.11. The van der Waals surface area contributed by atoms with Gasteiger partial charge in [0.05, 0.1) is 0 Å². The lowest BCUT2D eigenvalue weighted by Crippen LogP contribution is -1.98. The van der Waals surface area contributed by atoms with Crippen molar-refractivity contribution in [1.29, 1.82) is 0 Å². The molecule has 0 rings (SSSR count). The molecular weight excluding hydrogens is 140 g/mol. The lowest BCUT2D eigenvalue weighted by Gasteiger charge is -1.87. The third-order valence-electron chi connectivity index (χ3n) is 0.709. The third kappa shape index (κ3) is 4.96. The Hall–Kier alpha value is -1.19. The largest absolute Gasteiger partial charge is 0.365 e. The molecule has 0 heterocycles. The molecule has 0 saturated carbocycles. The zero-order valence-corrected chi connectivity index (χ0v) is 5.40. The molecule has 0 aliphatic rings. The van der Waals surface area contributed by atoms with Gasteiger partial charge in [0.15, 0.2) is 5.95 Å². The van der Waals surface area contributed by atoms with Crippen molar-refractivity contribution >= 4 is 6.04 Å². The minimum atomic E-state index is -1.60. The molecule has 0 radical (unpaired) electrons. The van der Waals surface area contributed by atoms with Crippen LogP contribution in [0.1, 0.15) is 0 Å². The fourth-order valence-corrected chi connectivity index (χ4v) is 0.292. The minimum Gasteiger partial charge on any atom is -0.365 e. The highest BCUT2D eigenvalue weighted by molar-refractivity contribution is 5.80. The summed E-state index contributed by atoms with van der Waals surface area (Å²) in [6.07, 6.45) is 2.54. The number of nitrogens with one attached hydrogen (secondary N) is 1. The van der Waals surface area contributed by atoms with Gasteiger partial charge in [-0.2, -0.15) is 8.78 Å². The predicted octanol–water partition coefficient (Wildman–Crippen LogP) is 1.07. The Morgan fingerprint density at radius 1 is 1.50 bits per heavy atom. The molecule has 56 valence electrons. The van der Waals surface area contributed by atoms with E-state index < -0.39 is 12.0 Å². The summed E-state index contributed by atoms with van der Waals surface area (Å²) in [6.45, 7) is 0. The number of rotatable bonds is 3. The number of carbonyl (C=O) groups is 1. The average Bonchev–Trinajstić information content (AvgIpc) is 1.87. The summed E-state index contributed by atoms with van der Waals surface area (Å²) in [6, 6.07) is -1.60. The number of hydrogen-bond acceptors (Lipinski definition) is 2. The third-order valence-corrected chi connectivity index (χ3v) is 0.709. The van der Waals surface area contributed by atoms with Crippen LogP contribution in [0.3, 0.4) is 0 Å². The second kappa shape index (κ2) is 4.67. The van der Waals surface area contributed by atoms with E-state index in [1.165, 1.54) is 7.05 Å². The fraction of sp³-hybridized carbons (Fsp3) is 0.167. The van der Waals surface area contributed by atoms with Gasteiger partial charge in [0, 0.05) is 13.1 Å². The lowest BCUT2D eigenvalue weighted by atomic mass is 10.5. The maximum Gasteiger partial charge on any atom is 0.324 e. The molecule has 2 nitrogen and oxygen atoms in total. The molecular formula is C6H7F2NO. The molecule has 0 spiro atoms. The molecule has 0 unspecified atom stereocenters. The van der Waals surface area contributed by atoms with E-state index in [9.17, 15) is 13.6 Å². The van der Waals surface area contributed by atoms with Crippen LogP contribution in [0.5, 0.6) is 0 Å². The molecule has 4 heteroatoms. The van der Waals surface area contributed by atoms with Crippen LogP contribution in [-0.4, -0.2) is 13.1 Å². The van der Waals surface area contributed by atoms with Gasteiger partial charge >= 0.3 is 6.04 Å². The van der Waals surface area contributed by atoms with Gasteiger partial charge in [-0.25, -0.2) is 0 Å². The second-order valence-corrected chi connectivity index (χ2v) is 1.43. The van der Waals surface area contributed by atoms with E-state index in [-0.39, 0.29) is 0 Å². The molecule has 10 heavy (non-hydrogen) atoms. The summed E-state index contributed by atoms with van der Waals surface area (Å²) in [4.78, 5) is 9.59. The predicted molar refractivity (Wildman–Crippen MR) is 33.5 cm³/mol. The van der Waals surface area contributed by atoms with Gasteiger partial charge in [0.1, 0.15) is 0 Å². The van der Waals surface area contributed by atoms with Crippen LogP contribution in [0.15, 0.2) is 24.2 Å². The quantitative estimate of drug-likeness (QED) is 0.280. The van der Waals surface area contributed by atoms with Crippen molar-refractivity contribution in [2.24, 2.45) is 0 Å². The topological polar surface area (TPSA) is 29.1 Å². The Bertz CT molecular complexity index is 175. The fourth-order valence-electron chi connectivity index (χ4n) is 0.292. The Morgan fingerprint density at radius 2 is 2.10 bits per heavy atom. The summed E-state index contributed by atoms with van der Waals surface area (Å²) in [5.74, 6) is -0.627. The van der Waals surface area contributed by atoms with Crippen LogP contribution in [0.4, 0.5) is 8.78 Å². The van der Waals surface area contributed by atoms with Crippen LogP contribution >= 0.6 is 0 Å². The van der Waals surface area contributed by atoms with Gasteiger partial charge in [0.2, 0.25) is 0 Å². The first-order valence-electron chi connectivity index (χ1n) is 2.58. The van der Waals surface area contributed by atoms with Crippen molar-refractivity contribution in [3.05, 3.63) is 24.2 Å².